The Balaban J connectivity index is 1.37. The number of fused-ring (bicyclic) bond motifs is 11. The molecule has 0 aliphatic carbocycles. The molecule has 0 saturated heterocycles. The maximum absolute atomic E-state index is 6.96. The second-order valence-corrected chi connectivity index (χ2v) is 12.5. The summed E-state index contributed by atoms with van der Waals surface area (Å²) in [7, 11) is 0. The largest absolute Gasteiger partial charge is 0.455 e. The first-order valence-electron chi connectivity index (χ1n) is 16.4. The Morgan fingerprint density at radius 1 is 0.375 bits per heavy atom. The van der Waals surface area contributed by atoms with Crippen LogP contribution in [-0.4, -0.2) is 0 Å². The van der Waals surface area contributed by atoms with Crippen LogP contribution < -0.4 is 4.90 Å². The molecule has 10 rings (SSSR count). The van der Waals surface area contributed by atoms with E-state index in [-0.39, 0.29) is 0 Å². The highest BCUT2D eigenvalue weighted by molar-refractivity contribution is 6.30. The van der Waals surface area contributed by atoms with Crippen LogP contribution in [0.4, 0.5) is 17.1 Å². The average molecular weight is 612 g/mol. The zero-order valence-corrected chi connectivity index (χ0v) is 26.1. The second-order valence-electron chi connectivity index (χ2n) is 12.5. The number of hydrogen-bond acceptors (Lipinski definition) is 2. The van der Waals surface area contributed by atoms with E-state index in [4.69, 9.17) is 4.42 Å². The minimum Gasteiger partial charge on any atom is -0.455 e. The van der Waals surface area contributed by atoms with Crippen LogP contribution in [0.5, 0.6) is 0 Å². The van der Waals surface area contributed by atoms with E-state index in [2.05, 4.69) is 181 Å². The molecule has 9 aromatic carbocycles. The van der Waals surface area contributed by atoms with Gasteiger partial charge in [-0.25, -0.2) is 0 Å². The third-order valence-corrected chi connectivity index (χ3v) is 9.79. The third-order valence-electron chi connectivity index (χ3n) is 9.79. The molecule has 0 fully saturated rings. The van der Waals surface area contributed by atoms with Gasteiger partial charge in [0.15, 0.2) is 0 Å². The van der Waals surface area contributed by atoms with E-state index in [1.807, 2.05) is 0 Å². The lowest BCUT2D eigenvalue weighted by Crippen LogP contribution is -2.12. The van der Waals surface area contributed by atoms with Crippen molar-refractivity contribution in [1.29, 1.82) is 0 Å². The minimum atomic E-state index is 0.868. The molecule has 1 aromatic heterocycles. The average Bonchev–Trinajstić information content (AvgIpc) is 3.54. The number of nitrogens with zero attached hydrogens (tertiary/aromatic N) is 1. The smallest absolute Gasteiger partial charge is 0.143 e. The van der Waals surface area contributed by atoms with Crippen LogP contribution in [0.1, 0.15) is 0 Å². The highest BCUT2D eigenvalue weighted by atomic mass is 16.3. The minimum absolute atomic E-state index is 0.868. The molecule has 0 unspecified atom stereocenters. The zero-order valence-electron chi connectivity index (χ0n) is 26.1. The Labute approximate surface area is 277 Å². The zero-order chi connectivity index (χ0) is 31.6. The molecule has 224 valence electrons. The van der Waals surface area contributed by atoms with Crippen LogP contribution in [0.2, 0.25) is 0 Å². The highest BCUT2D eigenvalue weighted by Crippen LogP contribution is 2.49. The van der Waals surface area contributed by atoms with Crippen molar-refractivity contribution in [2.24, 2.45) is 0 Å². The van der Waals surface area contributed by atoms with Gasteiger partial charge in [-0.1, -0.05) is 146 Å². The molecule has 0 spiro atoms. The Kier molecular flexibility index (Phi) is 5.91. The molecule has 0 bridgehead atoms. The van der Waals surface area contributed by atoms with Gasteiger partial charge >= 0.3 is 0 Å². The number of hydrogen-bond donors (Lipinski definition) is 0. The van der Waals surface area contributed by atoms with Crippen molar-refractivity contribution in [3.05, 3.63) is 176 Å². The van der Waals surface area contributed by atoms with E-state index >= 15 is 0 Å². The van der Waals surface area contributed by atoms with Gasteiger partial charge in [0.2, 0.25) is 0 Å². The summed E-state index contributed by atoms with van der Waals surface area (Å²) in [6.45, 7) is 0. The predicted molar refractivity (Wildman–Crippen MR) is 204 cm³/mol. The number of furan rings is 1. The van der Waals surface area contributed by atoms with E-state index in [0.29, 0.717) is 0 Å². The summed E-state index contributed by atoms with van der Waals surface area (Å²) in [6.07, 6.45) is 0. The van der Waals surface area contributed by atoms with Crippen molar-refractivity contribution in [1.82, 2.24) is 0 Å². The molecule has 1 heterocycles. The topological polar surface area (TPSA) is 16.4 Å². The molecule has 2 nitrogen and oxygen atoms in total. The fraction of sp³-hybridized carbons (Fsp3) is 0. The van der Waals surface area contributed by atoms with Crippen molar-refractivity contribution < 1.29 is 4.42 Å². The molecule has 2 heteroatoms. The van der Waals surface area contributed by atoms with E-state index in [1.54, 1.807) is 0 Å². The van der Waals surface area contributed by atoms with Crippen molar-refractivity contribution in [2.45, 2.75) is 0 Å². The van der Waals surface area contributed by atoms with Crippen LogP contribution in [0.15, 0.2) is 180 Å². The summed E-state index contributed by atoms with van der Waals surface area (Å²) in [4.78, 5) is 2.42. The molecule has 0 radical (unpaired) electrons. The standard InChI is InChI=1S/C46H29NO/c1-3-15-30(16-4-1)40-28-41-44(48-46-39-26-14-11-23-36(39)35-22-10-13-25-38(35)45(41)46)29-43(40)47(32-18-5-2-6-19-32)42-27-31-17-7-8-20-33(31)34-21-9-12-24-37(34)42/h1-29H. The van der Waals surface area contributed by atoms with Crippen molar-refractivity contribution in [3.63, 3.8) is 0 Å². The van der Waals surface area contributed by atoms with Crippen molar-refractivity contribution in [2.75, 3.05) is 4.90 Å². The van der Waals surface area contributed by atoms with Gasteiger partial charge in [0.1, 0.15) is 11.2 Å². The monoisotopic (exact) mass is 611 g/mol. The number of anilines is 3. The summed E-state index contributed by atoms with van der Waals surface area (Å²) < 4.78 is 6.96. The van der Waals surface area contributed by atoms with Gasteiger partial charge in [0, 0.05) is 38.9 Å². The van der Waals surface area contributed by atoms with Gasteiger partial charge in [-0.05, 0) is 62.1 Å². The Hall–Kier alpha value is -6.38. The first-order valence-corrected chi connectivity index (χ1v) is 16.4. The van der Waals surface area contributed by atoms with Gasteiger partial charge < -0.3 is 9.32 Å². The fourth-order valence-electron chi connectivity index (χ4n) is 7.68. The van der Waals surface area contributed by atoms with Crippen LogP contribution in [0.25, 0.3) is 76.2 Å². The van der Waals surface area contributed by atoms with Crippen LogP contribution in [0, 0.1) is 0 Å². The first kappa shape index (κ1) is 26.8. The molecule has 10 aromatic rings. The van der Waals surface area contributed by atoms with Gasteiger partial charge in [0.05, 0.1) is 11.4 Å². The number of benzene rings is 9. The lowest BCUT2D eigenvalue weighted by atomic mass is 9.94. The molecule has 48 heavy (non-hydrogen) atoms. The summed E-state index contributed by atoms with van der Waals surface area (Å²) >= 11 is 0. The maximum atomic E-state index is 6.96. The molecule has 0 N–H and O–H groups in total. The maximum Gasteiger partial charge on any atom is 0.143 e. The lowest BCUT2D eigenvalue weighted by molar-refractivity contribution is 0.673. The summed E-state index contributed by atoms with van der Waals surface area (Å²) in [5, 5.41) is 11.9. The fourth-order valence-corrected chi connectivity index (χ4v) is 7.68. The molecule has 0 atom stereocenters. The third kappa shape index (κ3) is 4.00. The molecular weight excluding hydrogens is 583 g/mol. The predicted octanol–water partition coefficient (Wildman–Crippen LogP) is 13.3. The van der Waals surface area contributed by atoms with Crippen LogP contribution in [-0.2, 0) is 0 Å². The van der Waals surface area contributed by atoms with Gasteiger partial charge in [-0.15, -0.1) is 0 Å². The lowest BCUT2D eigenvalue weighted by Gasteiger charge is -2.29. The molecule has 0 aliphatic rings. The molecule has 0 aliphatic heterocycles. The summed E-state index contributed by atoms with van der Waals surface area (Å²) in [6, 6.07) is 63.2. The first-order chi connectivity index (χ1) is 23.8. The highest BCUT2D eigenvalue weighted by Gasteiger charge is 2.24. The SMILES string of the molecule is c1ccc(-c2cc3c(cc2N(c2ccccc2)c2cc4ccccc4c4ccccc24)oc2c4ccccc4c4ccccc4c32)cc1. The quantitative estimate of drug-likeness (QED) is 0.184. The second kappa shape index (κ2) is 10.6. The Morgan fingerprint density at radius 2 is 0.917 bits per heavy atom. The summed E-state index contributed by atoms with van der Waals surface area (Å²) in [5.41, 5.74) is 7.36. The van der Waals surface area contributed by atoms with Crippen LogP contribution in [0.3, 0.4) is 0 Å². The van der Waals surface area contributed by atoms with Crippen molar-refractivity contribution in [3.8, 4) is 11.1 Å². The number of para-hydroxylation sites is 1. The van der Waals surface area contributed by atoms with E-state index in [0.717, 1.165) is 55.5 Å². The van der Waals surface area contributed by atoms with E-state index < -0.39 is 0 Å². The summed E-state index contributed by atoms with van der Waals surface area (Å²) in [5.74, 6) is 0. The van der Waals surface area contributed by atoms with Crippen LogP contribution >= 0.6 is 0 Å². The van der Waals surface area contributed by atoms with Gasteiger partial charge in [-0.3, -0.25) is 0 Å². The Morgan fingerprint density at radius 3 is 1.65 bits per heavy atom. The van der Waals surface area contributed by atoms with Gasteiger partial charge in [-0.2, -0.15) is 0 Å². The van der Waals surface area contributed by atoms with Gasteiger partial charge in [0.25, 0.3) is 0 Å². The number of rotatable bonds is 4. The Bertz CT molecular complexity index is 2830. The molecule has 0 amide bonds. The normalized spacial score (nSPS) is 11.8. The van der Waals surface area contributed by atoms with E-state index in [1.165, 1.54) is 37.7 Å². The van der Waals surface area contributed by atoms with Crippen molar-refractivity contribution >= 4 is 82.1 Å². The van der Waals surface area contributed by atoms with E-state index in [9.17, 15) is 0 Å². The molecular formula is C46H29NO. The molecule has 0 saturated carbocycles.